The largest absolute Gasteiger partial charge is 0.494 e. The van der Waals surface area contributed by atoms with Crippen molar-refractivity contribution in [2.24, 2.45) is 5.73 Å². The van der Waals surface area contributed by atoms with Crippen LogP contribution >= 0.6 is 0 Å². The molecule has 0 unspecified atom stereocenters. The van der Waals surface area contributed by atoms with Gasteiger partial charge in [-0.3, -0.25) is 9.36 Å². The van der Waals surface area contributed by atoms with Gasteiger partial charge in [0.25, 0.3) is 0 Å². The number of rotatable bonds is 6. The summed E-state index contributed by atoms with van der Waals surface area (Å²) in [5.74, 6) is 0.997. The third-order valence-electron chi connectivity index (χ3n) is 8.35. The number of benzene rings is 2. The summed E-state index contributed by atoms with van der Waals surface area (Å²) in [6, 6.07) is 15.9. The molecule has 1 aliphatic heterocycles. The highest BCUT2D eigenvalue weighted by Gasteiger charge is 2.51. The van der Waals surface area contributed by atoms with E-state index in [9.17, 15) is 4.79 Å². The van der Waals surface area contributed by atoms with Crippen molar-refractivity contribution in [3.63, 3.8) is 0 Å². The van der Waals surface area contributed by atoms with Gasteiger partial charge in [-0.05, 0) is 83.1 Å². The van der Waals surface area contributed by atoms with Gasteiger partial charge in [0.1, 0.15) is 5.82 Å². The summed E-state index contributed by atoms with van der Waals surface area (Å²) in [6.07, 6.45) is 2.92. The van der Waals surface area contributed by atoms with Gasteiger partial charge in [0.05, 0.1) is 22.4 Å². The molecule has 2 aromatic heterocycles. The van der Waals surface area contributed by atoms with Crippen LogP contribution in [0, 0.1) is 6.92 Å². The van der Waals surface area contributed by atoms with Gasteiger partial charge in [-0.1, -0.05) is 30.3 Å². The Balaban J connectivity index is 1.31. The number of aryl methyl sites for hydroxylation is 2. The van der Waals surface area contributed by atoms with Crippen molar-refractivity contribution < 1.29 is 14.1 Å². The number of nitrogens with two attached hydrogens (primary N) is 1. The van der Waals surface area contributed by atoms with Crippen LogP contribution in [0.2, 0.25) is 0 Å². The molecular weight excluding hydrogens is 489 g/mol. The molecule has 0 spiro atoms. The molecule has 1 fully saturated rings. The molecule has 2 aromatic carbocycles. The first kappa shape index (κ1) is 25.6. The topological polar surface area (TPSA) is 104 Å². The Bertz CT molecular complexity index is 1590. The van der Waals surface area contributed by atoms with Crippen molar-refractivity contribution in [2.45, 2.75) is 71.6 Å². The number of primary amides is 1. The third-order valence-corrected chi connectivity index (χ3v) is 8.35. The first-order valence-electron chi connectivity index (χ1n) is 13.5. The number of carbonyl (C=O) groups is 1. The SMILES string of the molecule is Cc1cc2c(C(N)=O)cccc2n1-c1nc2c(c(NCc3cccc(B4OC(C)(C)C(C)(C)O4)c3)n1)CCC2. The first-order chi connectivity index (χ1) is 18.5. The van der Waals surface area contributed by atoms with E-state index in [0.717, 1.165) is 58.4 Å². The number of carbonyl (C=O) groups excluding carboxylic acids is 1. The number of nitrogens with zero attached hydrogens (tertiary/aromatic N) is 3. The Morgan fingerprint density at radius 2 is 1.79 bits per heavy atom. The maximum Gasteiger partial charge on any atom is 0.494 e. The van der Waals surface area contributed by atoms with Crippen molar-refractivity contribution in [1.29, 1.82) is 0 Å². The number of fused-ring (bicyclic) bond motifs is 2. The molecule has 4 aromatic rings. The minimum absolute atomic E-state index is 0.386. The second-order valence-corrected chi connectivity index (χ2v) is 11.6. The predicted molar refractivity (Wildman–Crippen MR) is 154 cm³/mol. The lowest BCUT2D eigenvalue weighted by Gasteiger charge is -2.32. The molecular formula is C30H34BN5O3. The molecule has 1 aliphatic carbocycles. The normalized spacial score (nSPS) is 17.5. The maximum absolute atomic E-state index is 12.0. The summed E-state index contributed by atoms with van der Waals surface area (Å²) in [4.78, 5) is 22.0. The van der Waals surface area contributed by atoms with Crippen molar-refractivity contribution in [3.05, 3.63) is 76.6 Å². The number of hydrogen-bond donors (Lipinski definition) is 2. The Morgan fingerprint density at radius 3 is 2.54 bits per heavy atom. The average Bonchev–Trinajstić information content (AvgIpc) is 3.55. The van der Waals surface area contributed by atoms with E-state index in [-0.39, 0.29) is 11.2 Å². The fourth-order valence-corrected chi connectivity index (χ4v) is 5.52. The molecule has 0 bridgehead atoms. The zero-order valence-electron chi connectivity index (χ0n) is 23.2. The molecule has 2 aliphatic rings. The molecule has 0 atom stereocenters. The van der Waals surface area contributed by atoms with E-state index >= 15 is 0 Å². The standard InChI is InChI=1S/C30H34BN5O3/c1-18-15-23-21(26(32)37)11-8-14-25(23)36(18)28-34-24-13-7-12-22(24)27(35-28)33-17-19-9-6-10-20(16-19)31-38-29(2,3)30(4,5)39-31/h6,8-11,14-16H,7,12-13,17H2,1-5H3,(H2,32,37)(H,33,34,35). The molecule has 3 N–H and O–H groups in total. The van der Waals surface area contributed by atoms with Crippen LogP contribution in [0.1, 0.15) is 67.0 Å². The van der Waals surface area contributed by atoms with Gasteiger partial charge in [-0.2, -0.15) is 4.98 Å². The summed E-state index contributed by atoms with van der Waals surface area (Å²) in [5, 5.41) is 4.40. The lowest BCUT2D eigenvalue weighted by atomic mass is 9.78. The molecule has 0 saturated carbocycles. The zero-order chi connectivity index (χ0) is 27.5. The Morgan fingerprint density at radius 1 is 1.05 bits per heavy atom. The first-order valence-corrected chi connectivity index (χ1v) is 13.5. The van der Waals surface area contributed by atoms with Crippen LogP contribution in [0.3, 0.4) is 0 Å². The zero-order valence-corrected chi connectivity index (χ0v) is 23.2. The van der Waals surface area contributed by atoms with Gasteiger partial charge in [-0.15, -0.1) is 0 Å². The highest BCUT2D eigenvalue weighted by Crippen LogP contribution is 2.36. The summed E-state index contributed by atoms with van der Waals surface area (Å²) >= 11 is 0. The van der Waals surface area contributed by atoms with Crippen molar-refractivity contribution in [3.8, 4) is 5.95 Å². The second kappa shape index (κ2) is 9.21. The van der Waals surface area contributed by atoms with E-state index in [1.54, 1.807) is 6.07 Å². The molecule has 1 amide bonds. The number of anilines is 1. The molecule has 6 rings (SSSR count). The minimum atomic E-state index is -0.447. The third kappa shape index (κ3) is 4.39. The highest BCUT2D eigenvalue weighted by atomic mass is 16.7. The highest BCUT2D eigenvalue weighted by molar-refractivity contribution is 6.62. The van der Waals surface area contributed by atoms with Crippen LogP contribution < -0.4 is 16.5 Å². The fraction of sp³-hybridized carbons (Fsp3) is 0.367. The van der Waals surface area contributed by atoms with E-state index in [0.29, 0.717) is 18.1 Å². The van der Waals surface area contributed by atoms with E-state index < -0.39 is 13.0 Å². The summed E-state index contributed by atoms with van der Waals surface area (Å²) in [6.45, 7) is 10.9. The molecule has 9 heteroatoms. The van der Waals surface area contributed by atoms with E-state index in [1.807, 2.05) is 41.8 Å². The summed E-state index contributed by atoms with van der Waals surface area (Å²) in [5.41, 5.74) is 11.5. The van der Waals surface area contributed by atoms with Gasteiger partial charge in [-0.25, -0.2) is 4.98 Å². The predicted octanol–water partition coefficient (Wildman–Crippen LogP) is 4.23. The number of amides is 1. The van der Waals surface area contributed by atoms with Crippen LogP contribution in [0.15, 0.2) is 48.5 Å². The number of aromatic nitrogens is 3. The molecule has 0 radical (unpaired) electrons. The number of hydrogen-bond acceptors (Lipinski definition) is 6. The Labute approximate surface area is 229 Å². The van der Waals surface area contributed by atoms with Crippen LogP contribution in [0.4, 0.5) is 5.82 Å². The Hall–Kier alpha value is -3.69. The second-order valence-electron chi connectivity index (χ2n) is 11.6. The molecule has 39 heavy (non-hydrogen) atoms. The molecule has 8 nitrogen and oxygen atoms in total. The lowest BCUT2D eigenvalue weighted by Crippen LogP contribution is -2.41. The molecule has 1 saturated heterocycles. The van der Waals surface area contributed by atoms with Crippen LogP contribution in [0.25, 0.3) is 16.9 Å². The Kier molecular flexibility index (Phi) is 6.04. The monoisotopic (exact) mass is 523 g/mol. The number of nitrogens with one attached hydrogen (secondary N) is 1. The van der Waals surface area contributed by atoms with Gasteiger partial charge in [0.15, 0.2) is 0 Å². The minimum Gasteiger partial charge on any atom is -0.399 e. The van der Waals surface area contributed by atoms with Crippen molar-refractivity contribution in [1.82, 2.24) is 14.5 Å². The van der Waals surface area contributed by atoms with E-state index in [2.05, 4.69) is 45.1 Å². The van der Waals surface area contributed by atoms with Gasteiger partial charge in [0, 0.05) is 28.8 Å². The smallest absolute Gasteiger partial charge is 0.399 e. The van der Waals surface area contributed by atoms with Crippen molar-refractivity contribution >= 4 is 35.2 Å². The van der Waals surface area contributed by atoms with Crippen LogP contribution in [-0.2, 0) is 28.7 Å². The molecule has 200 valence electrons. The van der Waals surface area contributed by atoms with Gasteiger partial charge in [0.2, 0.25) is 11.9 Å². The molecule has 3 heterocycles. The van der Waals surface area contributed by atoms with Crippen LogP contribution in [-0.4, -0.2) is 38.8 Å². The van der Waals surface area contributed by atoms with Gasteiger partial charge < -0.3 is 20.4 Å². The summed E-state index contributed by atoms with van der Waals surface area (Å²) in [7, 11) is -0.403. The van der Waals surface area contributed by atoms with Crippen molar-refractivity contribution in [2.75, 3.05) is 5.32 Å². The van der Waals surface area contributed by atoms with E-state index in [4.69, 9.17) is 25.0 Å². The summed E-state index contributed by atoms with van der Waals surface area (Å²) < 4.78 is 14.5. The van der Waals surface area contributed by atoms with E-state index in [1.165, 1.54) is 5.56 Å². The average molecular weight is 523 g/mol. The van der Waals surface area contributed by atoms with Crippen LogP contribution in [0.5, 0.6) is 0 Å². The van der Waals surface area contributed by atoms with Gasteiger partial charge >= 0.3 is 7.12 Å². The quantitative estimate of drug-likeness (QED) is 0.367. The maximum atomic E-state index is 12.0. The fourth-order valence-electron chi connectivity index (χ4n) is 5.52. The lowest BCUT2D eigenvalue weighted by molar-refractivity contribution is 0.00578.